The summed E-state index contributed by atoms with van der Waals surface area (Å²) in [5.74, 6) is -0.205. The van der Waals surface area contributed by atoms with Crippen LogP contribution in [0, 0.1) is 6.92 Å². The highest BCUT2D eigenvalue weighted by molar-refractivity contribution is 5.92. The zero-order valence-electron chi connectivity index (χ0n) is 14.2. The maximum atomic E-state index is 12.5. The van der Waals surface area contributed by atoms with Gasteiger partial charge in [-0.2, -0.15) is 0 Å². The van der Waals surface area contributed by atoms with Gasteiger partial charge in [0.1, 0.15) is 12.3 Å². The van der Waals surface area contributed by atoms with Crippen molar-refractivity contribution in [3.05, 3.63) is 53.7 Å². The summed E-state index contributed by atoms with van der Waals surface area (Å²) >= 11 is 0. The lowest BCUT2D eigenvalue weighted by Crippen LogP contribution is -2.59. The molecule has 0 aliphatic carbocycles. The van der Waals surface area contributed by atoms with Gasteiger partial charge < -0.3 is 15.1 Å². The molecule has 3 rings (SSSR count). The number of hydrogen-bond acceptors (Lipinski definition) is 5. The average molecular weight is 342 g/mol. The molecule has 2 aromatic rings. The van der Waals surface area contributed by atoms with E-state index in [2.05, 4.69) is 17.1 Å². The van der Waals surface area contributed by atoms with Gasteiger partial charge >= 0.3 is 0 Å². The van der Waals surface area contributed by atoms with E-state index in [0.717, 1.165) is 13.0 Å². The Hall–Kier alpha value is -2.67. The first-order valence-corrected chi connectivity index (χ1v) is 8.33. The number of primary amides is 1. The molecular weight excluding hydrogens is 320 g/mol. The smallest absolute Gasteiger partial charge is 0.275 e. The van der Waals surface area contributed by atoms with E-state index in [1.807, 2.05) is 23.1 Å². The molecule has 25 heavy (non-hydrogen) atoms. The van der Waals surface area contributed by atoms with E-state index in [4.69, 9.17) is 10.2 Å². The second-order valence-electron chi connectivity index (χ2n) is 6.19. The van der Waals surface area contributed by atoms with E-state index in [9.17, 15) is 9.59 Å². The maximum Gasteiger partial charge on any atom is 0.275 e. The van der Waals surface area contributed by atoms with Crippen LogP contribution in [0.5, 0.6) is 0 Å². The molecule has 0 radical (unpaired) electrons. The molecule has 7 heteroatoms. The first kappa shape index (κ1) is 17.2. The van der Waals surface area contributed by atoms with Crippen LogP contribution in [0.25, 0.3) is 0 Å². The number of aromatic nitrogens is 1. The molecule has 0 bridgehead atoms. The number of benzene rings is 1. The van der Waals surface area contributed by atoms with Gasteiger partial charge in [-0.1, -0.05) is 30.3 Å². The minimum absolute atomic E-state index is 0.231. The summed E-state index contributed by atoms with van der Waals surface area (Å²) in [6.45, 7) is 3.81. The Morgan fingerprint density at radius 2 is 2.04 bits per heavy atom. The topological polar surface area (TPSA) is 92.7 Å². The van der Waals surface area contributed by atoms with Crippen molar-refractivity contribution in [2.75, 3.05) is 26.2 Å². The number of carbonyl (C=O) groups is 2. The number of oxazole rings is 1. The fourth-order valence-corrected chi connectivity index (χ4v) is 3.08. The molecule has 2 heterocycles. The number of nitrogens with zero attached hydrogens (tertiary/aromatic N) is 3. The molecule has 1 aromatic carbocycles. The summed E-state index contributed by atoms with van der Waals surface area (Å²) < 4.78 is 5.10. The Morgan fingerprint density at radius 1 is 1.28 bits per heavy atom. The van der Waals surface area contributed by atoms with E-state index in [1.54, 1.807) is 11.8 Å². The third-order valence-corrected chi connectivity index (χ3v) is 4.48. The SMILES string of the molecule is Cc1nc(C(=O)N2CCN(CCc3ccccc3)C(C(N)=O)C2)co1. The van der Waals surface area contributed by atoms with Gasteiger partial charge in [0.15, 0.2) is 11.6 Å². The minimum Gasteiger partial charge on any atom is -0.448 e. The van der Waals surface area contributed by atoms with Crippen LogP contribution in [0.3, 0.4) is 0 Å². The second kappa shape index (κ2) is 7.48. The van der Waals surface area contributed by atoms with Gasteiger partial charge in [0.05, 0.1) is 0 Å². The minimum atomic E-state index is -0.491. The number of amides is 2. The number of hydrogen-bond donors (Lipinski definition) is 1. The molecule has 1 fully saturated rings. The number of carbonyl (C=O) groups excluding carboxylic acids is 2. The third kappa shape index (κ3) is 4.06. The monoisotopic (exact) mass is 342 g/mol. The molecule has 1 atom stereocenters. The first-order chi connectivity index (χ1) is 12.0. The van der Waals surface area contributed by atoms with Gasteiger partial charge in [0.2, 0.25) is 5.91 Å². The fourth-order valence-electron chi connectivity index (χ4n) is 3.08. The lowest BCUT2D eigenvalue weighted by molar-refractivity contribution is -0.125. The van der Waals surface area contributed by atoms with Gasteiger partial charge in [-0.05, 0) is 12.0 Å². The molecule has 2 amide bonds. The number of nitrogens with two attached hydrogens (primary N) is 1. The summed E-state index contributed by atoms with van der Waals surface area (Å²) in [6, 6.07) is 9.60. The zero-order chi connectivity index (χ0) is 17.8. The predicted molar refractivity (Wildman–Crippen MR) is 91.8 cm³/mol. The Bertz CT molecular complexity index is 744. The highest BCUT2D eigenvalue weighted by Gasteiger charge is 2.33. The van der Waals surface area contributed by atoms with Gasteiger partial charge in [-0.3, -0.25) is 14.5 Å². The van der Waals surface area contributed by atoms with Crippen LogP contribution in [-0.2, 0) is 11.2 Å². The molecule has 0 saturated carbocycles. The quantitative estimate of drug-likeness (QED) is 0.869. The van der Waals surface area contributed by atoms with Gasteiger partial charge in [0.25, 0.3) is 5.91 Å². The fraction of sp³-hybridized carbons (Fsp3) is 0.389. The van der Waals surface area contributed by atoms with Crippen molar-refractivity contribution in [2.45, 2.75) is 19.4 Å². The molecule has 0 spiro atoms. The van der Waals surface area contributed by atoms with Crippen molar-refractivity contribution < 1.29 is 14.0 Å². The van der Waals surface area contributed by atoms with Crippen molar-refractivity contribution in [2.24, 2.45) is 5.73 Å². The summed E-state index contributed by atoms with van der Waals surface area (Å²) in [5.41, 5.74) is 7.05. The van der Waals surface area contributed by atoms with Crippen LogP contribution in [0.1, 0.15) is 21.9 Å². The molecule has 1 aromatic heterocycles. The van der Waals surface area contributed by atoms with E-state index >= 15 is 0 Å². The maximum absolute atomic E-state index is 12.5. The Kier molecular flexibility index (Phi) is 5.14. The summed E-state index contributed by atoms with van der Waals surface area (Å²) in [4.78, 5) is 32.1. The molecule has 2 N–H and O–H groups in total. The lowest BCUT2D eigenvalue weighted by Gasteiger charge is -2.39. The summed E-state index contributed by atoms with van der Waals surface area (Å²) in [6.07, 6.45) is 2.18. The van der Waals surface area contributed by atoms with Crippen LogP contribution < -0.4 is 5.73 Å². The van der Waals surface area contributed by atoms with E-state index in [0.29, 0.717) is 19.0 Å². The highest BCUT2D eigenvalue weighted by atomic mass is 16.3. The Labute approximate surface area is 146 Å². The lowest BCUT2D eigenvalue weighted by atomic mass is 10.1. The highest BCUT2D eigenvalue weighted by Crippen LogP contribution is 2.14. The van der Waals surface area contributed by atoms with Crippen LogP contribution in [0.2, 0.25) is 0 Å². The Balaban J connectivity index is 1.64. The standard InChI is InChI=1S/C18H22N4O3/c1-13-20-15(12-25-13)18(24)22-10-9-21(16(11-22)17(19)23)8-7-14-5-3-2-4-6-14/h2-6,12,16H,7-11H2,1H3,(H2,19,23). The van der Waals surface area contributed by atoms with E-state index < -0.39 is 11.9 Å². The zero-order valence-corrected chi connectivity index (χ0v) is 14.2. The number of piperazine rings is 1. The molecule has 1 aliphatic rings. The normalized spacial score (nSPS) is 18.3. The molecule has 1 saturated heterocycles. The number of aryl methyl sites for hydroxylation is 1. The number of rotatable bonds is 5. The van der Waals surface area contributed by atoms with E-state index in [-0.39, 0.29) is 18.1 Å². The van der Waals surface area contributed by atoms with Gasteiger partial charge in [-0.15, -0.1) is 0 Å². The van der Waals surface area contributed by atoms with Crippen molar-refractivity contribution in [3.8, 4) is 0 Å². The van der Waals surface area contributed by atoms with Crippen molar-refractivity contribution in [1.82, 2.24) is 14.8 Å². The summed E-state index contributed by atoms with van der Waals surface area (Å²) in [5, 5.41) is 0. The predicted octanol–water partition coefficient (Wildman–Crippen LogP) is 0.837. The third-order valence-electron chi connectivity index (χ3n) is 4.48. The largest absolute Gasteiger partial charge is 0.448 e. The average Bonchev–Trinajstić information content (AvgIpc) is 3.06. The van der Waals surface area contributed by atoms with Crippen LogP contribution >= 0.6 is 0 Å². The van der Waals surface area contributed by atoms with E-state index in [1.165, 1.54) is 11.8 Å². The molecular formula is C18H22N4O3. The van der Waals surface area contributed by atoms with Gasteiger partial charge in [-0.25, -0.2) is 4.98 Å². The van der Waals surface area contributed by atoms with Crippen LogP contribution in [0.4, 0.5) is 0 Å². The van der Waals surface area contributed by atoms with Crippen molar-refractivity contribution in [3.63, 3.8) is 0 Å². The second-order valence-corrected chi connectivity index (χ2v) is 6.19. The van der Waals surface area contributed by atoms with Crippen LogP contribution in [0.15, 0.2) is 41.0 Å². The summed E-state index contributed by atoms with van der Waals surface area (Å²) in [7, 11) is 0. The molecule has 7 nitrogen and oxygen atoms in total. The van der Waals surface area contributed by atoms with Gasteiger partial charge in [0, 0.05) is 33.1 Å². The Morgan fingerprint density at radius 3 is 2.68 bits per heavy atom. The van der Waals surface area contributed by atoms with Crippen LogP contribution in [-0.4, -0.2) is 58.8 Å². The molecule has 132 valence electrons. The first-order valence-electron chi connectivity index (χ1n) is 8.33. The molecule has 1 unspecified atom stereocenters. The van der Waals surface area contributed by atoms with Crippen molar-refractivity contribution in [1.29, 1.82) is 0 Å². The molecule has 1 aliphatic heterocycles. The van der Waals surface area contributed by atoms with Crippen molar-refractivity contribution >= 4 is 11.8 Å².